The molecule has 8 bridgehead atoms. The zero-order chi connectivity index (χ0) is 29.6. The van der Waals surface area contributed by atoms with Gasteiger partial charge in [0, 0.05) is 17.1 Å². The van der Waals surface area contributed by atoms with Crippen LogP contribution >= 0.6 is 0 Å². The molecule has 5 saturated heterocycles. The van der Waals surface area contributed by atoms with E-state index in [2.05, 4.69) is 63.3 Å². The standard InChI is InChI=1S/C36H64N8.Cu/c1-36(2,3)26-18-10-17-25-27(26)35-43-33-24-16-9-8-15-23(24)31(41-33)39-29-20-12-5-4-11-19(20)28(37-29)38-30-21-13-6-7-14-22(21)32(40-30)42-34(25)44-35;/h19-35,37-44H,4-18H2,1-3H3;. The molecule has 9 aliphatic rings. The fourth-order valence-corrected chi connectivity index (χ4v) is 13.1. The van der Waals surface area contributed by atoms with Crippen LogP contribution in [-0.2, 0) is 17.1 Å². The molecule has 9 heteroatoms. The molecule has 4 saturated carbocycles. The normalized spacial score (nSPS) is 54.3. The quantitative estimate of drug-likeness (QED) is 0.184. The number of nitrogens with one attached hydrogen (secondary N) is 8. The van der Waals surface area contributed by atoms with Gasteiger partial charge in [0.2, 0.25) is 0 Å². The summed E-state index contributed by atoms with van der Waals surface area (Å²) in [7, 11) is 0. The third kappa shape index (κ3) is 5.73. The van der Waals surface area contributed by atoms with Gasteiger partial charge in [-0.15, -0.1) is 0 Å². The van der Waals surface area contributed by atoms with Gasteiger partial charge in [0.1, 0.15) is 0 Å². The van der Waals surface area contributed by atoms with Gasteiger partial charge >= 0.3 is 0 Å². The molecule has 45 heavy (non-hydrogen) atoms. The van der Waals surface area contributed by atoms with Crippen LogP contribution < -0.4 is 42.5 Å². The average molecular weight is 673 g/mol. The van der Waals surface area contributed by atoms with Crippen molar-refractivity contribution in [3.8, 4) is 0 Å². The second kappa shape index (κ2) is 12.8. The van der Waals surface area contributed by atoms with E-state index in [-0.39, 0.29) is 17.1 Å². The Morgan fingerprint density at radius 2 is 0.600 bits per heavy atom. The summed E-state index contributed by atoms with van der Waals surface area (Å²) in [6, 6.07) is 0. The van der Waals surface area contributed by atoms with Gasteiger partial charge in [-0.1, -0.05) is 65.7 Å². The molecule has 9 rings (SSSR count). The zero-order valence-electron chi connectivity index (χ0n) is 28.2. The zero-order valence-corrected chi connectivity index (χ0v) is 29.2. The van der Waals surface area contributed by atoms with Crippen molar-refractivity contribution in [3.05, 3.63) is 0 Å². The van der Waals surface area contributed by atoms with Crippen molar-refractivity contribution in [3.63, 3.8) is 0 Å². The Hall–Kier alpha value is 0.199. The first-order valence-corrected chi connectivity index (χ1v) is 19.5. The number of hydrogen-bond donors (Lipinski definition) is 8. The molecular formula is C36H64CuN8. The van der Waals surface area contributed by atoms with Gasteiger partial charge in [0.05, 0.1) is 49.3 Å². The Labute approximate surface area is 283 Å². The van der Waals surface area contributed by atoms with E-state index in [0.29, 0.717) is 66.6 Å². The van der Waals surface area contributed by atoms with Gasteiger partial charge in [-0.3, -0.25) is 42.5 Å². The monoisotopic (exact) mass is 671 g/mol. The van der Waals surface area contributed by atoms with Crippen molar-refractivity contribution in [2.75, 3.05) is 0 Å². The number of fused-ring (bicyclic) bond motifs is 20. The number of hydrogen-bond acceptors (Lipinski definition) is 8. The summed E-state index contributed by atoms with van der Waals surface area (Å²) in [6.45, 7) is 7.54. The minimum Gasteiger partial charge on any atom is -0.286 e. The van der Waals surface area contributed by atoms with Gasteiger partial charge in [0.15, 0.2) is 0 Å². The van der Waals surface area contributed by atoms with E-state index in [1.807, 2.05) is 0 Å². The Balaban J connectivity index is 0.00000300. The summed E-state index contributed by atoms with van der Waals surface area (Å²) in [5, 5.41) is 34.2. The van der Waals surface area contributed by atoms with Gasteiger partial charge in [-0.05, 0) is 110 Å². The summed E-state index contributed by atoms with van der Waals surface area (Å²) in [6.07, 6.45) is 23.8. The maximum Gasteiger partial charge on any atom is 0.0631 e. The second-order valence-electron chi connectivity index (χ2n) is 18.1. The maximum absolute atomic E-state index is 4.36. The van der Waals surface area contributed by atoms with Crippen LogP contribution in [0.5, 0.6) is 0 Å². The Kier molecular flexibility index (Phi) is 9.24. The molecule has 1 radical (unpaired) electrons. The van der Waals surface area contributed by atoms with Crippen LogP contribution in [0.3, 0.4) is 0 Å². The van der Waals surface area contributed by atoms with Gasteiger partial charge < -0.3 is 0 Å². The minimum atomic E-state index is 0. The average Bonchev–Trinajstić information content (AvgIpc) is 3.76. The third-order valence-corrected chi connectivity index (χ3v) is 15.0. The predicted octanol–water partition coefficient (Wildman–Crippen LogP) is 3.88. The van der Waals surface area contributed by atoms with Crippen molar-refractivity contribution in [2.24, 2.45) is 58.7 Å². The molecular weight excluding hydrogens is 608 g/mol. The fraction of sp³-hybridized carbons (Fsp3) is 1.00. The van der Waals surface area contributed by atoms with Crippen molar-refractivity contribution < 1.29 is 17.1 Å². The fourth-order valence-electron chi connectivity index (χ4n) is 13.1. The van der Waals surface area contributed by atoms with Crippen molar-refractivity contribution in [1.29, 1.82) is 0 Å². The topological polar surface area (TPSA) is 96.2 Å². The maximum atomic E-state index is 4.36. The van der Waals surface area contributed by atoms with E-state index < -0.39 is 0 Å². The summed E-state index contributed by atoms with van der Waals surface area (Å²) in [5.74, 6) is 6.48. The molecule has 17 atom stereocenters. The molecule has 0 aromatic rings. The first kappa shape index (κ1) is 32.4. The molecule has 5 aliphatic heterocycles. The molecule has 9 fully saturated rings. The predicted molar refractivity (Wildman–Crippen MR) is 176 cm³/mol. The third-order valence-electron chi connectivity index (χ3n) is 15.0. The molecule has 259 valence electrons. The van der Waals surface area contributed by atoms with Crippen LogP contribution in [0.2, 0.25) is 0 Å². The first-order chi connectivity index (χ1) is 21.4. The molecule has 8 N–H and O–H groups in total. The smallest absolute Gasteiger partial charge is 0.0631 e. The van der Waals surface area contributed by atoms with Crippen molar-refractivity contribution in [1.82, 2.24) is 42.5 Å². The second-order valence-corrected chi connectivity index (χ2v) is 18.1. The van der Waals surface area contributed by atoms with Gasteiger partial charge in [-0.25, -0.2) is 0 Å². The summed E-state index contributed by atoms with van der Waals surface area (Å²) in [4.78, 5) is 0. The van der Waals surface area contributed by atoms with E-state index in [1.165, 1.54) is 96.3 Å². The van der Waals surface area contributed by atoms with Gasteiger partial charge in [0.25, 0.3) is 0 Å². The Morgan fingerprint density at radius 1 is 0.333 bits per heavy atom. The van der Waals surface area contributed by atoms with Crippen LogP contribution in [-0.4, -0.2) is 49.3 Å². The molecule has 4 aliphatic carbocycles. The SMILES string of the molecule is CC(C)(C)C1CCCC2C3NC4NC(NC5NC(NC6NC(NC(N3)C21)C1CCCCC61)C1CCCCC51)C1CCCCC41.[Cu]. The Bertz CT molecular complexity index is 1040. The van der Waals surface area contributed by atoms with E-state index >= 15 is 0 Å². The molecule has 0 amide bonds. The van der Waals surface area contributed by atoms with Crippen LogP contribution in [0.15, 0.2) is 0 Å². The van der Waals surface area contributed by atoms with Crippen molar-refractivity contribution in [2.45, 2.75) is 166 Å². The minimum absolute atomic E-state index is 0. The van der Waals surface area contributed by atoms with Crippen molar-refractivity contribution >= 4 is 0 Å². The van der Waals surface area contributed by atoms with Gasteiger partial charge in [-0.2, -0.15) is 0 Å². The molecule has 0 spiro atoms. The first-order valence-electron chi connectivity index (χ1n) is 19.5. The molecule has 0 aromatic carbocycles. The molecule has 17 unspecified atom stereocenters. The van der Waals surface area contributed by atoms with Crippen LogP contribution in [0.1, 0.15) is 117 Å². The van der Waals surface area contributed by atoms with E-state index in [1.54, 1.807) is 0 Å². The molecule has 8 nitrogen and oxygen atoms in total. The molecule has 5 heterocycles. The summed E-state index contributed by atoms with van der Waals surface area (Å²) in [5.41, 5.74) is 0.329. The summed E-state index contributed by atoms with van der Waals surface area (Å²) >= 11 is 0. The van der Waals surface area contributed by atoms with E-state index in [9.17, 15) is 0 Å². The number of rotatable bonds is 0. The summed E-state index contributed by atoms with van der Waals surface area (Å²) < 4.78 is 0. The van der Waals surface area contributed by atoms with Crippen LogP contribution in [0, 0.1) is 58.7 Å². The van der Waals surface area contributed by atoms with E-state index in [4.69, 9.17) is 0 Å². The van der Waals surface area contributed by atoms with Crippen LogP contribution in [0.25, 0.3) is 0 Å². The largest absolute Gasteiger partial charge is 0.286 e. The Morgan fingerprint density at radius 3 is 0.911 bits per heavy atom. The van der Waals surface area contributed by atoms with Crippen LogP contribution in [0.4, 0.5) is 0 Å². The van der Waals surface area contributed by atoms with E-state index in [0.717, 1.165) is 41.4 Å². The molecule has 0 aromatic heterocycles.